The molecule has 1 aliphatic rings. The summed E-state index contributed by atoms with van der Waals surface area (Å²) in [6.45, 7) is 1.19. The quantitative estimate of drug-likeness (QED) is 0.675. The highest BCUT2D eigenvalue weighted by molar-refractivity contribution is 6.33. The molecule has 0 spiro atoms. The van der Waals surface area contributed by atoms with Gasteiger partial charge in [0.1, 0.15) is 0 Å². The first kappa shape index (κ1) is 12.2. The second kappa shape index (κ2) is 4.68. The highest BCUT2D eigenvalue weighted by Gasteiger charge is 2.16. The third-order valence-corrected chi connectivity index (χ3v) is 3.57. The molecule has 96 valence electrons. The molecule has 0 bridgehead atoms. The molecule has 0 aromatic heterocycles. The van der Waals surface area contributed by atoms with E-state index in [-0.39, 0.29) is 5.78 Å². The van der Waals surface area contributed by atoms with Crippen LogP contribution in [0.15, 0.2) is 36.4 Å². The van der Waals surface area contributed by atoms with Crippen LogP contribution in [0.3, 0.4) is 0 Å². The number of halogens is 1. The maximum Gasteiger partial charge on any atom is 0.193 e. The number of anilines is 1. The van der Waals surface area contributed by atoms with E-state index in [9.17, 15) is 4.79 Å². The third-order valence-electron chi connectivity index (χ3n) is 3.25. The molecular formula is C15H12ClNO2. The molecule has 19 heavy (non-hydrogen) atoms. The van der Waals surface area contributed by atoms with Crippen LogP contribution in [0.4, 0.5) is 5.69 Å². The molecule has 1 heterocycles. The fraction of sp³-hybridized carbons (Fsp3) is 0.133. The van der Waals surface area contributed by atoms with Crippen molar-refractivity contribution in [2.45, 2.75) is 13.2 Å². The molecule has 2 N–H and O–H groups in total. The number of carbonyl (C=O) groups is 1. The number of hydrogen-bond donors (Lipinski definition) is 1. The molecule has 2 aromatic carbocycles. The Bertz CT molecular complexity index is 667. The standard InChI is InChI=1S/C15H12ClNO2/c16-13-6-10(3-4-14(13)17)15(18)9-1-2-11-7-19-8-12(11)5-9/h1-6H,7-8,17H2. The number of carbonyl (C=O) groups excluding carboxylic acids is 1. The predicted octanol–water partition coefficient (Wildman–Crippen LogP) is 3.18. The molecule has 3 rings (SSSR count). The molecule has 3 nitrogen and oxygen atoms in total. The van der Waals surface area contributed by atoms with E-state index >= 15 is 0 Å². The summed E-state index contributed by atoms with van der Waals surface area (Å²) in [6.07, 6.45) is 0. The minimum absolute atomic E-state index is 0.0587. The summed E-state index contributed by atoms with van der Waals surface area (Å²) in [6, 6.07) is 10.6. The SMILES string of the molecule is Nc1ccc(C(=O)c2ccc3c(c2)COC3)cc1Cl. The normalized spacial score (nSPS) is 13.3. The van der Waals surface area contributed by atoms with Crippen molar-refractivity contribution in [3.63, 3.8) is 0 Å². The van der Waals surface area contributed by atoms with Gasteiger partial charge in [0.25, 0.3) is 0 Å². The largest absolute Gasteiger partial charge is 0.398 e. The van der Waals surface area contributed by atoms with Crippen molar-refractivity contribution in [1.29, 1.82) is 0 Å². The Morgan fingerprint density at radius 1 is 1.05 bits per heavy atom. The summed E-state index contributed by atoms with van der Waals surface area (Å²) < 4.78 is 5.34. The van der Waals surface area contributed by atoms with Crippen LogP contribution in [-0.2, 0) is 18.0 Å². The Labute approximate surface area is 115 Å². The third kappa shape index (κ3) is 2.23. The number of ether oxygens (including phenoxy) is 1. The van der Waals surface area contributed by atoms with Gasteiger partial charge in [-0.1, -0.05) is 23.7 Å². The predicted molar refractivity (Wildman–Crippen MR) is 74.2 cm³/mol. The molecule has 0 atom stereocenters. The minimum atomic E-state index is -0.0587. The maximum atomic E-state index is 12.4. The van der Waals surface area contributed by atoms with Gasteiger partial charge < -0.3 is 10.5 Å². The van der Waals surface area contributed by atoms with E-state index in [0.29, 0.717) is 35.1 Å². The van der Waals surface area contributed by atoms with E-state index in [1.54, 1.807) is 18.2 Å². The highest BCUT2D eigenvalue weighted by atomic mass is 35.5. The highest BCUT2D eigenvalue weighted by Crippen LogP contribution is 2.24. The van der Waals surface area contributed by atoms with Crippen molar-refractivity contribution < 1.29 is 9.53 Å². The topological polar surface area (TPSA) is 52.3 Å². The van der Waals surface area contributed by atoms with Gasteiger partial charge in [0.2, 0.25) is 0 Å². The lowest BCUT2D eigenvalue weighted by atomic mass is 9.99. The minimum Gasteiger partial charge on any atom is -0.398 e. The smallest absolute Gasteiger partial charge is 0.193 e. The lowest BCUT2D eigenvalue weighted by molar-refractivity contribution is 0.103. The second-order valence-corrected chi connectivity index (χ2v) is 4.95. The van der Waals surface area contributed by atoms with Crippen LogP contribution in [0.25, 0.3) is 0 Å². The maximum absolute atomic E-state index is 12.4. The summed E-state index contributed by atoms with van der Waals surface area (Å²) in [5, 5.41) is 0.398. The van der Waals surface area contributed by atoms with Crippen LogP contribution in [0.2, 0.25) is 5.02 Å². The summed E-state index contributed by atoms with van der Waals surface area (Å²) in [7, 11) is 0. The number of rotatable bonds is 2. The first-order valence-corrected chi connectivity index (χ1v) is 6.32. The first-order valence-electron chi connectivity index (χ1n) is 5.94. The molecule has 0 unspecified atom stereocenters. The Hall–Kier alpha value is -1.84. The number of hydrogen-bond acceptors (Lipinski definition) is 3. The van der Waals surface area contributed by atoms with Crippen LogP contribution in [0, 0.1) is 0 Å². The van der Waals surface area contributed by atoms with Crippen molar-refractivity contribution in [1.82, 2.24) is 0 Å². The van der Waals surface area contributed by atoms with E-state index in [2.05, 4.69) is 0 Å². The van der Waals surface area contributed by atoms with Crippen molar-refractivity contribution in [3.05, 3.63) is 63.7 Å². The van der Waals surface area contributed by atoms with Crippen molar-refractivity contribution >= 4 is 23.1 Å². The number of ketones is 1. The molecule has 2 aromatic rings. The number of nitrogen functional groups attached to an aromatic ring is 1. The average molecular weight is 274 g/mol. The van der Waals surface area contributed by atoms with Crippen LogP contribution in [-0.4, -0.2) is 5.78 Å². The second-order valence-electron chi connectivity index (χ2n) is 4.54. The lowest BCUT2D eigenvalue weighted by Crippen LogP contribution is -2.03. The summed E-state index contributed by atoms with van der Waals surface area (Å²) in [5.74, 6) is -0.0587. The van der Waals surface area contributed by atoms with E-state index in [1.807, 2.05) is 18.2 Å². The molecular weight excluding hydrogens is 262 g/mol. The van der Waals surface area contributed by atoms with Gasteiger partial charge in [0, 0.05) is 11.1 Å². The van der Waals surface area contributed by atoms with E-state index in [4.69, 9.17) is 22.1 Å². The lowest BCUT2D eigenvalue weighted by Gasteiger charge is -2.05. The molecule has 0 saturated heterocycles. The molecule has 0 fully saturated rings. The Balaban J connectivity index is 1.97. The number of nitrogens with two attached hydrogens (primary N) is 1. The van der Waals surface area contributed by atoms with Gasteiger partial charge in [0.15, 0.2) is 5.78 Å². The van der Waals surface area contributed by atoms with Crippen molar-refractivity contribution in [2.75, 3.05) is 5.73 Å². The Morgan fingerprint density at radius 2 is 1.74 bits per heavy atom. The fourth-order valence-corrected chi connectivity index (χ4v) is 2.33. The summed E-state index contributed by atoms with van der Waals surface area (Å²) in [4.78, 5) is 12.4. The van der Waals surface area contributed by atoms with Crippen LogP contribution < -0.4 is 5.73 Å². The van der Waals surface area contributed by atoms with Gasteiger partial charge in [-0.2, -0.15) is 0 Å². The van der Waals surface area contributed by atoms with Gasteiger partial charge in [-0.3, -0.25) is 4.79 Å². The van der Waals surface area contributed by atoms with Gasteiger partial charge in [0.05, 0.1) is 23.9 Å². The first-order chi connectivity index (χ1) is 9.15. The Morgan fingerprint density at radius 3 is 2.53 bits per heavy atom. The van der Waals surface area contributed by atoms with Gasteiger partial charge in [-0.25, -0.2) is 0 Å². The molecule has 0 amide bonds. The molecule has 1 aliphatic heterocycles. The van der Waals surface area contributed by atoms with Gasteiger partial charge in [-0.15, -0.1) is 0 Å². The van der Waals surface area contributed by atoms with Crippen molar-refractivity contribution in [2.24, 2.45) is 0 Å². The van der Waals surface area contributed by atoms with E-state index in [1.165, 1.54) is 0 Å². The van der Waals surface area contributed by atoms with Crippen LogP contribution in [0.5, 0.6) is 0 Å². The van der Waals surface area contributed by atoms with E-state index < -0.39 is 0 Å². The summed E-state index contributed by atoms with van der Waals surface area (Å²) in [5.41, 5.74) is 9.52. The number of fused-ring (bicyclic) bond motifs is 1. The monoisotopic (exact) mass is 273 g/mol. The van der Waals surface area contributed by atoms with Crippen LogP contribution >= 0.6 is 11.6 Å². The number of benzene rings is 2. The molecule has 0 radical (unpaired) electrons. The van der Waals surface area contributed by atoms with Gasteiger partial charge >= 0.3 is 0 Å². The zero-order valence-electron chi connectivity index (χ0n) is 10.2. The van der Waals surface area contributed by atoms with Gasteiger partial charge in [-0.05, 0) is 35.4 Å². The van der Waals surface area contributed by atoms with E-state index in [0.717, 1.165) is 11.1 Å². The molecule has 4 heteroatoms. The Kier molecular flexibility index (Phi) is 3.01. The summed E-state index contributed by atoms with van der Waals surface area (Å²) >= 11 is 5.94. The fourth-order valence-electron chi connectivity index (χ4n) is 2.15. The molecule has 0 aliphatic carbocycles. The zero-order chi connectivity index (χ0) is 13.4. The molecule has 0 saturated carbocycles. The van der Waals surface area contributed by atoms with Crippen molar-refractivity contribution in [3.8, 4) is 0 Å². The van der Waals surface area contributed by atoms with Crippen LogP contribution in [0.1, 0.15) is 27.0 Å². The average Bonchev–Trinajstić information content (AvgIpc) is 2.88. The zero-order valence-corrected chi connectivity index (χ0v) is 10.9.